The van der Waals surface area contributed by atoms with Crippen molar-refractivity contribution in [3.8, 4) is 5.75 Å². The fraction of sp³-hybridized carbons (Fsp3) is 0.400. The molecule has 108 valence electrons. The Kier molecular flexibility index (Phi) is 4.74. The lowest BCUT2D eigenvalue weighted by Crippen LogP contribution is -2.22. The molecule has 0 aliphatic rings. The summed E-state index contributed by atoms with van der Waals surface area (Å²) in [5.41, 5.74) is 1.51. The molecule has 2 aromatic rings. The highest BCUT2D eigenvalue weighted by Gasteiger charge is 2.09. The van der Waals surface area contributed by atoms with Crippen molar-refractivity contribution in [2.75, 3.05) is 7.11 Å². The summed E-state index contributed by atoms with van der Waals surface area (Å²) in [7, 11) is 1.46. The van der Waals surface area contributed by atoms with Crippen molar-refractivity contribution in [2.45, 2.75) is 33.0 Å². The third kappa shape index (κ3) is 3.57. The standard InChI is InChI=1S/C15H20FN3O/c1-11(2)17-9-13-7-8-19(18-13)10-12-5-4-6-14(20-3)15(12)16/h4-8,11,17H,9-10H2,1-3H3. The third-order valence-electron chi connectivity index (χ3n) is 2.98. The van der Waals surface area contributed by atoms with Gasteiger partial charge in [-0.05, 0) is 12.1 Å². The second-order valence-corrected chi connectivity index (χ2v) is 4.97. The van der Waals surface area contributed by atoms with Gasteiger partial charge in [0.1, 0.15) is 0 Å². The van der Waals surface area contributed by atoms with Crippen LogP contribution in [-0.2, 0) is 13.1 Å². The molecule has 0 saturated heterocycles. The Morgan fingerprint density at radius 3 is 2.85 bits per heavy atom. The van der Waals surface area contributed by atoms with Gasteiger partial charge in [0.2, 0.25) is 0 Å². The summed E-state index contributed by atoms with van der Waals surface area (Å²) in [5.74, 6) is -0.0660. The van der Waals surface area contributed by atoms with Crippen LogP contribution in [-0.4, -0.2) is 22.9 Å². The van der Waals surface area contributed by atoms with Gasteiger partial charge in [-0.3, -0.25) is 4.68 Å². The van der Waals surface area contributed by atoms with Crippen LogP contribution in [0, 0.1) is 5.82 Å². The van der Waals surface area contributed by atoms with Gasteiger partial charge in [-0.25, -0.2) is 4.39 Å². The predicted molar refractivity (Wildman–Crippen MR) is 76.3 cm³/mol. The van der Waals surface area contributed by atoms with Crippen LogP contribution in [0.15, 0.2) is 30.5 Å². The Balaban J connectivity index is 2.07. The monoisotopic (exact) mass is 277 g/mol. The highest BCUT2D eigenvalue weighted by Crippen LogP contribution is 2.20. The van der Waals surface area contributed by atoms with Crippen LogP contribution in [0.25, 0.3) is 0 Å². The summed E-state index contributed by atoms with van der Waals surface area (Å²) in [5, 5.41) is 7.72. The molecule has 0 atom stereocenters. The van der Waals surface area contributed by atoms with Crippen LogP contribution in [0.4, 0.5) is 4.39 Å². The van der Waals surface area contributed by atoms with E-state index in [4.69, 9.17) is 4.74 Å². The molecule has 1 aromatic heterocycles. The summed E-state index contributed by atoms with van der Waals surface area (Å²) in [6, 6.07) is 7.48. The lowest BCUT2D eigenvalue weighted by Gasteiger charge is -2.08. The first-order valence-corrected chi connectivity index (χ1v) is 6.67. The lowest BCUT2D eigenvalue weighted by molar-refractivity contribution is 0.383. The second kappa shape index (κ2) is 6.52. The van der Waals surface area contributed by atoms with Crippen LogP contribution in [0.3, 0.4) is 0 Å². The van der Waals surface area contributed by atoms with E-state index < -0.39 is 0 Å². The number of nitrogens with zero attached hydrogens (tertiary/aromatic N) is 2. The lowest BCUT2D eigenvalue weighted by atomic mass is 10.2. The third-order valence-corrected chi connectivity index (χ3v) is 2.98. The highest BCUT2D eigenvalue weighted by atomic mass is 19.1. The molecule has 0 aliphatic carbocycles. The average Bonchev–Trinajstić information content (AvgIpc) is 2.86. The van der Waals surface area contributed by atoms with E-state index in [0.29, 0.717) is 24.7 Å². The van der Waals surface area contributed by atoms with E-state index in [1.165, 1.54) is 7.11 Å². The summed E-state index contributed by atoms with van der Waals surface area (Å²) >= 11 is 0. The summed E-state index contributed by atoms with van der Waals surface area (Å²) in [6.45, 7) is 5.28. The van der Waals surface area contributed by atoms with Crippen molar-refractivity contribution in [1.82, 2.24) is 15.1 Å². The number of ether oxygens (including phenoxy) is 1. The molecular formula is C15H20FN3O. The fourth-order valence-electron chi connectivity index (χ4n) is 1.91. The summed E-state index contributed by atoms with van der Waals surface area (Å²) in [6.07, 6.45) is 1.86. The highest BCUT2D eigenvalue weighted by molar-refractivity contribution is 5.31. The van der Waals surface area contributed by atoms with Crippen molar-refractivity contribution in [3.63, 3.8) is 0 Å². The van der Waals surface area contributed by atoms with Crippen LogP contribution in [0.1, 0.15) is 25.1 Å². The minimum absolute atomic E-state index is 0.261. The maximum absolute atomic E-state index is 14.0. The number of aromatic nitrogens is 2. The molecule has 4 nitrogen and oxygen atoms in total. The molecule has 0 amide bonds. The molecule has 0 saturated carbocycles. The van der Waals surface area contributed by atoms with E-state index in [2.05, 4.69) is 24.3 Å². The van der Waals surface area contributed by atoms with Gasteiger partial charge < -0.3 is 10.1 Å². The van der Waals surface area contributed by atoms with Crippen LogP contribution < -0.4 is 10.1 Å². The van der Waals surface area contributed by atoms with Crippen molar-refractivity contribution in [3.05, 3.63) is 47.5 Å². The Labute approximate surface area is 118 Å². The van der Waals surface area contributed by atoms with E-state index in [-0.39, 0.29) is 11.6 Å². The average molecular weight is 277 g/mol. The molecule has 0 aliphatic heterocycles. The quantitative estimate of drug-likeness (QED) is 0.882. The number of hydrogen-bond donors (Lipinski definition) is 1. The largest absolute Gasteiger partial charge is 0.494 e. The summed E-state index contributed by atoms with van der Waals surface area (Å²) in [4.78, 5) is 0. The molecule has 0 fully saturated rings. The summed E-state index contributed by atoms with van der Waals surface area (Å²) < 4.78 is 20.8. The van der Waals surface area contributed by atoms with Crippen molar-refractivity contribution in [1.29, 1.82) is 0 Å². The number of nitrogens with one attached hydrogen (secondary N) is 1. The van der Waals surface area contributed by atoms with Gasteiger partial charge in [-0.15, -0.1) is 0 Å². The Bertz CT molecular complexity index is 566. The number of rotatable bonds is 6. The smallest absolute Gasteiger partial charge is 0.170 e. The maximum Gasteiger partial charge on any atom is 0.170 e. The maximum atomic E-state index is 14.0. The first-order chi connectivity index (χ1) is 9.60. The molecule has 1 heterocycles. The molecule has 5 heteroatoms. The van der Waals surface area contributed by atoms with E-state index in [0.717, 1.165) is 5.69 Å². The van der Waals surface area contributed by atoms with E-state index >= 15 is 0 Å². The fourth-order valence-corrected chi connectivity index (χ4v) is 1.91. The van der Waals surface area contributed by atoms with Gasteiger partial charge in [0.25, 0.3) is 0 Å². The predicted octanol–water partition coefficient (Wildman–Crippen LogP) is 2.58. The minimum atomic E-state index is -0.327. The van der Waals surface area contributed by atoms with Crippen LogP contribution in [0.5, 0.6) is 5.75 Å². The van der Waals surface area contributed by atoms with E-state index in [1.54, 1.807) is 22.9 Å². The van der Waals surface area contributed by atoms with Gasteiger partial charge >= 0.3 is 0 Å². The zero-order valence-corrected chi connectivity index (χ0v) is 12.1. The SMILES string of the molecule is COc1cccc(Cn2ccc(CNC(C)C)n2)c1F. The van der Waals surface area contributed by atoms with Crippen LogP contribution in [0.2, 0.25) is 0 Å². The number of halogens is 1. The molecule has 0 radical (unpaired) electrons. The molecule has 2 rings (SSSR count). The Morgan fingerprint density at radius 2 is 2.15 bits per heavy atom. The second-order valence-electron chi connectivity index (χ2n) is 4.97. The van der Waals surface area contributed by atoms with Crippen molar-refractivity contribution >= 4 is 0 Å². The van der Waals surface area contributed by atoms with E-state index in [1.807, 2.05) is 12.3 Å². The van der Waals surface area contributed by atoms with E-state index in [9.17, 15) is 4.39 Å². The molecule has 1 N–H and O–H groups in total. The van der Waals surface area contributed by atoms with Gasteiger partial charge in [0.15, 0.2) is 11.6 Å². The zero-order chi connectivity index (χ0) is 14.5. The first-order valence-electron chi connectivity index (χ1n) is 6.67. The molecular weight excluding hydrogens is 257 g/mol. The van der Waals surface area contributed by atoms with Crippen molar-refractivity contribution < 1.29 is 9.13 Å². The first kappa shape index (κ1) is 14.5. The Morgan fingerprint density at radius 1 is 1.35 bits per heavy atom. The Hall–Kier alpha value is -1.88. The van der Waals surface area contributed by atoms with Gasteiger partial charge in [0, 0.05) is 24.3 Å². The number of methoxy groups -OCH3 is 1. The van der Waals surface area contributed by atoms with Crippen LogP contribution >= 0.6 is 0 Å². The number of hydrogen-bond acceptors (Lipinski definition) is 3. The normalized spacial score (nSPS) is 11.1. The molecule has 20 heavy (non-hydrogen) atoms. The number of benzene rings is 1. The topological polar surface area (TPSA) is 39.1 Å². The molecule has 0 spiro atoms. The van der Waals surface area contributed by atoms with Gasteiger partial charge in [-0.2, -0.15) is 5.10 Å². The molecule has 0 unspecified atom stereocenters. The van der Waals surface area contributed by atoms with Gasteiger partial charge in [0.05, 0.1) is 19.3 Å². The van der Waals surface area contributed by atoms with Crippen molar-refractivity contribution in [2.24, 2.45) is 0 Å². The van der Waals surface area contributed by atoms with Gasteiger partial charge in [-0.1, -0.05) is 26.0 Å². The minimum Gasteiger partial charge on any atom is -0.494 e. The molecule has 0 bridgehead atoms. The molecule has 1 aromatic carbocycles. The zero-order valence-electron chi connectivity index (χ0n) is 12.1.